The molecule has 2 atom stereocenters. The third-order valence-corrected chi connectivity index (χ3v) is 4.67. The first kappa shape index (κ1) is 13.6. The third kappa shape index (κ3) is 2.60. The van der Waals surface area contributed by atoms with Crippen LogP contribution in [0, 0.1) is 10.1 Å². The number of rotatable bonds is 3. The summed E-state index contributed by atoms with van der Waals surface area (Å²) in [5, 5.41) is 14.6. The summed E-state index contributed by atoms with van der Waals surface area (Å²) in [5.74, 6) is 0. The summed E-state index contributed by atoms with van der Waals surface area (Å²) >= 11 is 6.15. The second-order valence-corrected chi connectivity index (χ2v) is 5.97. The fraction of sp³-hybridized carbons (Fsp3) is 0.571. The highest BCUT2D eigenvalue weighted by atomic mass is 35.5. The van der Waals surface area contributed by atoms with Gasteiger partial charge in [0.2, 0.25) is 0 Å². The molecule has 0 bridgehead atoms. The molecule has 0 unspecified atom stereocenters. The Morgan fingerprint density at radius 2 is 2.15 bits per heavy atom. The van der Waals surface area contributed by atoms with Crippen LogP contribution < -0.4 is 5.32 Å². The van der Waals surface area contributed by atoms with Gasteiger partial charge in [0.1, 0.15) is 0 Å². The number of hydrogen-bond donors (Lipinski definition) is 1. The van der Waals surface area contributed by atoms with E-state index in [1.54, 1.807) is 6.07 Å². The first-order valence-corrected chi connectivity index (χ1v) is 7.47. The molecule has 20 heavy (non-hydrogen) atoms. The topological polar surface area (TPSA) is 58.4 Å². The predicted molar refractivity (Wildman–Crippen MR) is 79.3 cm³/mol. The number of nitrogens with one attached hydrogen (secondary N) is 1. The Balaban J connectivity index is 1.73. The fourth-order valence-corrected chi connectivity index (χ4v) is 3.58. The van der Waals surface area contributed by atoms with Crippen molar-refractivity contribution >= 4 is 23.0 Å². The van der Waals surface area contributed by atoms with Crippen molar-refractivity contribution in [3.63, 3.8) is 0 Å². The van der Waals surface area contributed by atoms with Crippen LogP contribution in [0.15, 0.2) is 18.2 Å². The van der Waals surface area contributed by atoms with E-state index in [-0.39, 0.29) is 5.69 Å². The molecule has 3 rings (SSSR count). The van der Waals surface area contributed by atoms with E-state index in [2.05, 4.69) is 10.2 Å². The first-order chi connectivity index (χ1) is 9.65. The molecule has 6 heteroatoms. The number of benzene rings is 1. The minimum Gasteiger partial charge on any atom is -0.379 e. The molecule has 0 spiro atoms. The Morgan fingerprint density at radius 1 is 1.30 bits per heavy atom. The molecule has 108 valence electrons. The lowest BCUT2D eigenvalue weighted by Gasteiger charge is -2.33. The van der Waals surface area contributed by atoms with Gasteiger partial charge in [0, 0.05) is 30.8 Å². The molecule has 1 aromatic carbocycles. The Labute approximate surface area is 123 Å². The molecule has 1 aromatic rings. The minimum atomic E-state index is -0.423. The lowest BCUT2D eigenvalue weighted by atomic mass is 9.99. The van der Waals surface area contributed by atoms with Crippen molar-refractivity contribution in [3.05, 3.63) is 33.3 Å². The summed E-state index contributed by atoms with van der Waals surface area (Å²) in [6.07, 6.45) is 4.91. The molecule has 0 aromatic heterocycles. The molecule has 0 radical (unpaired) electrons. The van der Waals surface area contributed by atoms with E-state index < -0.39 is 4.92 Å². The Bertz CT molecular complexity index is 523. The van der Waals surface area contributed by atoms with Crippen LogP contribution in [0.1, 0.15) is 25.7 Å². The van der Waals surface area contributed by atoms with Gasteiger partial charge >= 0.3 is 0 Å². The number of fused-ring (bicyclic) bond motifs is 1. The summed E-state index contributed by atoms with van der Waals surface area (Å²) in [6.45, 7) is 2.32. The summed E-state index contributed by atoms with van der Waals surface area (Å²) in [6, 6.07) is 5.61. The van der Waals surface area contributed by atoms with E-state index in [1.807, 2.05) is 0 Å². The smallest absolute Gasteiger partial charge is 0.271 e. The summed E-state index contributed by atoms with van der Waals surface area (Å²) < 4.78 is 0. The number of non-ortho nitro benzene ring substituents is 1. The van der Waals surface area contributed by atoms with Crippen LogP contribution in [0.25, 0.3) is 0 Å². The van der Waals surface area contributed by atoms with Crippen molar-refractivity contribution in [3.8, 4) is 0 Å². The van der Waals surface area contributed by atoms with Crippen LogP contribution >= 0.6 is 11.6 Å². The van der Waals surface area contributed by atoms with Gasteiger partial charge in [-0.2, -0.15) is 0 Å². The molecule has 2 aliphatic heterocycles. The number of hydrogen-bond acceptors (Lipinski definition) is 4. The third-order valence-electron chi connectivity index (χ3n) is 4.36. The summed E-state index contributed by atoms with van der Waals surface area (Å²) in [4.78, 5) is 12.8. The van der Waals surface area contributed by atoms with Gasteiger partial charge in [-0.3, -0.25) is 15.0 Å². The van der Waals surface area contributed by atoms with Crippen LogP contribution in [-0.4, -0.2) is 35.0 Å². The molecular formula is C14H18ClN3O2. The maximum atomic E-state index is 10.7. The molecule has 2 fully saturated rings. The molecule has 0 amide bonds. The number of nitro groups is 1. The molecule has 5 nitrogen and oxygen atoms in total. The SMILES string of the molecule is O=[N+]([O-])c1ccc(N[C@H]2CCN3CCCC[C@H]23)c(Cl)c1. The van der Waals surface area contributed by atoms with Gasteiger partial charge in [-0.05, 0) is 31.9 Å². The van der Waals surface area contributed by atoms with Crippen molar-refractivity contribution in [1.29, 1.82) is 0 Å². The minimum absolute atomic E-state index is 0.0336. The standard InChI is InChI=1S/C14H18ClN3O2/c15-11-9-10(18(19)20)4-5-12(11)16-13-6-8-17-7-2-1-3-14(13)17/h4-5,9,13-14,16H,1-3,6-8H2/t13-,14+/m0/s1. The van der Waals surface area contributed by atoms with Crippen molar-refractivity contribution in [2.75, 3.05) is 18.4 Å². The fourth-order valence-electron chi connectivity index (χ4n) is 3.35. The van der Waals surface area contributed by atoms with Crippen LogP contribution in [-0.2, 0) is 0 Å². The molecule has 2 heterocycles. The lowest BCUT2D eigenvalue weighted by Crippen LogP contribution is -2.41. The van der Waals surface area contributed by atoms with Crippen molar-refractivity contribution in [2.45, 2.75) is 37.8 Å². The average molecular weight is 296 g/mol. The van der Waals surface area contributed by atoms with E-state index in [0.29, 0.717) is 17.1 Å². The molecule has 1 N–H and O–H groups in total. The zero-order valence-electron chi connectivity index (χ0n) is 11.2. The van der Waals surface area contributed by atoms with Gasteiger partial charge in [-0.25, -0.2) is 0 Å². The number of nitro benzene ring substituents is 1. The van der Waals surface area contributed by atoms with Crippen molar-refractivity contribution in [2.24, 2.45) is 0 Å². The number of piperidine rings is 1. The highest BCUT2D eigenvalue weighted by molar-refractivity contribution is 6.33. The summed E-state index contributed by atoms with van der Waals surface area (Å²) in [5.41, 5.74) is 0.834. The van der Waals surface area contributed by atoms with Gasteiger partial charge in [0.25, 0.3) is 5.69 Å². The second kappa shape index (κ2) is 5.58. The van der Waals surface area contributed by atoms with Crippen molar-refractivity contribution in [1.82, 2.24) is 4.90 Å². The van der Waals surface area contributed by atoms with Crippen LogP contribution in [0.2, 0.25) is 5.02 Å². The normalized spacial score (nSPS) is 26.2. The molecule has 2 saturated heterocycles. The number of nitrogens with zero attached hydrogens (tertiary/aromatic N) is 2. The maximum Gasteiger partial charge on any atom is 0.271 e. The molecular weight excluding hydrogens is 278 g/mol. The Kier molecular flexibility index (Phi) is 3.81. The van der Waals surface area contributed by atoms with E-state index in [1.165, 1.54) is 37.9 Å². The van der Waals surface area contributed by atoms with Gasteiger partial charge in [-0.15, -0.1) is 0 Å². The Morgan fingerprint density at radius 3 is 2.90 bits per heavy atom. The molecule has 0 aliphatic carbocycles. The average Bonchev–Trinajstić information content (AvgIpc) is 2.84. The van der Waals surface area contributed by atoms with Crippen LogP contribution in [0.4, 0.5) is 11.4 Å². The number of halogens is 1. The van der Waals surface area contributed by atoms with Gasteiger partial charge in [-0.1, -0.05) is 18.0 Å². The van der Waals surface area contributed by atoms with Gasteiger partial charge in [0.05, 0.1) is 15.6 Å². The van der Waals surface area contributed by atoms with Crippen LogP contribution in [0.3, 0.4) is 0 Å². The van der Waals surface area contributed by atoms with E-state index in [9.17, 15) is 10.1 Å². The first-order valence-electron chi connectivity index (χ1n) is 7.09. The highest BCUT2D eigenvalue weighted by Gasteiger charge is 2.35. The Hall–Kier alpha value is -1.33. The quantitative estimate of drug-likeness (QED) is 0.687. The predicted octanol–water partition coefficient (Wildman–Crippen LogP) is 3.29. The maximum absolute atomic E-state index is 10.7. The summed E-state index contributed by atoms with van der Waals surface area (Å²) in [7, 11) is 0. The number of anilines is 1. The van der Waals surface area contributed by atoms with Gasteiger partial charge in [0.15, 0.2) is 0 Å². The zero-order valence-corrected chi connectivity index (χ0v) is 12.0. The van der Waals surface area contributed by atoms with E-state index in [4.69, 9.17) is 11.6 Å². The van der Waals surface area contributed by atoms with Crippen LogP contribution in [0.5, 0.6) is 0 Å². The lowest BCUT2D eigenvalue weighted by molar-refractivity contribution is -0.384. The zero-order chi connectivity index (χ0) is 14.1. The second-order valence-electron chi connectivity index (χ2n) is 5.56. The monoisotopic (exact) mass is 295 g/mol. The highest BCUT2D eigenvalue weighted by Crippen LogP contribution is 2.32. The largest absolute Gasteiger partial charge is 0.379 e. The van der Waals surface area contributed by atoms with E-state index in [0.717, 1.165) is 18.7 Å². The molecule has 0 saturated carbocycles. The van der Waals surface area contributed by atoms with E-state index >= 15 is 0 Å². The van der Waals surface area contributed by atoms with Gasteiger partial charge < -0.3 is 5.32 Å². The molecule has 2 aliphatic rings. The van der Waals surface area contributed by atoms with Crippen molar-refractivity contribution < 1.29 is 4.92 Å².